The highest BCUT2D eigenvalue weighted by Crippen LogP contribution is 2.14. The number of amides is 1. The van der Waals surface area contributed by atoms with Crippen molar-refractivity contribution in [2.45, 2.75) is 27.7 Å². The van der Waals surface area contributed by atoms with Crippen molar-refractivity contribution in [1.29, 1.82) is 0 Å². The second-order valence-electron chi connectivity index (χ2n) is 3.26. The molecule has 0 bridgehead atoms. The van der Waals surface area contributed by atoms with E-state index in [4.69, 9.17) is 0 Å². The fourth-order valence-corrected chi connectivity index (χ4v) is 0.882. The Morgan fingerprint density at radius 2 is 1.91 bits per heavy atom. The normalized spacial score (nSPS) is 14.9. The lowest BCUT2D eigenvalue weighted by atomic mass is 9.96. The van der Waals surface area contributed by atoms with Gasteiger partial charge in [-0.2, -0.15) is 10.6 Å². The topological polar surface area (TPSA) is 46.5 Å². The van der Waals surface area contributed by atoms with E-state index in [1.54, 1.807) is 27.7 Å². The van der Waals surface area contributed by atoms with Gasteiger partial charge in [-0.05, 0) is 0 Å². The van der Waals surface area contributed by atoms with Crippen LogP contribution in [0.4, 0.5) is 0 Å². The Morgan fingerprint density at radius 3 is 2.18 bits per heavy atom. The maximum atomic E-state index is 11.1. The van der Waals surface area contributed by atoms with E-state index in [1.165, 1.54) is 0 Å². The maximum Gasteiger partial charge on any atom is 0.228 e. The highest BCUT2D eigenvalue weighted by atomic mass is 32.2. The Kier molecular flexibility index (Phi) is 3.72. The maximum absolute atomic E-state index is 11.1. The van der Waals surface area contributed by atoms with Gasteiger partial charge in [-0.15, -0.1) is 0 Å². The average Bonchev–Trinajstić information content (AvgIpc) is 1.85. The lowest BCUT2D eigenvalue weighted by molar-refractivity contribution is -0.124. The summed E-state index contributed by atoms with van der Waals surface area (Å²) >= 11 is 0. The zero-order valence-corrected chi connectivity index (χ0v) is 8.20. The van der Waals surface area contributed by atoms with Gasteiger partial charge in [-0.3, -0.25) is 4.79 Å². The molecule has 0 radical (unpaired) electrons. The summed E-state index contributed by atoms with van der Waals surface area (Å²) in [7, 11) is -1.33. The Hall–Kier alpha value is -0.380. The van der Waals surface area contributed by atoms with Crippen LogP contribution in [0.15, 0.2) is 4.36 Å². The number of hydrogen-bond donors (Lipinski definition) is 0. The van der Waals surface area contributed by atoms with Gasteiger partial charge in [0.15, 0.2) is 0 Å². The number of hydrogen-bond acceptors (Lipinski definition) is 3. The summed E-state index contributed by atoms with van der Waals surface area (Å²) in [4.78, 5) is 11.1. The fourth-order valence-electron chi connectivity index (χ4n) is 0.294. The van der Waals surface area contributed by atoms with Crippen molar-refractivity contribution in [2.75, 3.05) is 5.75 Å². The van der Waals surface area contributed by atoms with Gasteiger partial charge >= 0.3 is 0 Å². The minimum Gasteiger partial charge on any atom is -0.444 e. The summed E-state index contributed by atoms with van der Waals surface area (Å²) in [5.74, 6) is 0.111. The number of carbonyl (C=O) groups excluding carboxylic acids is 1. The van der Waals surface area contributed by atoms with Crippen molar-refractivity contribution >= 4 is 16.5 Å². The van der Waals surface area contributed by atoms with Gasteiger partial charge in [-0.25, -0.2) is 0 Å². The monoisotopic (exact) mass is 176 g/mol. The molecule has 0 aliphatic rings. The number of carbonyl (C=O) groups is 1. The van der Waals surface area contributed by atoms with E-state index in [-0.39, 0.29) is 5.91 Å². The van der Waals surface area contributed by atoms with E-state index in [9.17, 15) is 9.00 Å². The van der Waals surface area contributed by atoms with Crippen molar-refractivity contribution in [3.05, 3.63) is 0 Å². The zero-order valence-electron chi connectivity index (χ0n) is 7.38. The number of rotatable bonds is 1. The van der Waals surface area contributed by atoms with Crippen LogP contribution in [0.25, 0.3) is 0 Å². The van der Waals surface area contributed by atoms with Crippen molar-refractivity contribution < 1.29 is 9.00 Å². The molecule has 0 saturated heterocycles. The second kappa shape index (κ2) is 3.85. The highest BCUT2D eigenvalue weighted by Gasteiger charge is 2.17. The molecule has 0 fully saturated rings. The summed E-state index contributed by atoms with van der Waals surface area (Å²) < 4.78 is 14.3. The molecule has 1 amide bonds. The van der Waals surface area contributed by atoms with Crippen LogP contribution in [0.5, 0.6) is 0 Å². The standard InChI is InChI=1S/C7H14NO2S/c1-5-11(10)8-6(9)7(2,3)4/h5H2,1-4H3/q-1. The first-order valence-electron chi connectivity index (χ1n) is 3.52. The molecule has 0 unspecified atom stereocenters. The van der Waals surface area contributed by atoms with Crippen LogP contribution in [-0.2, 0) is 19.6 Å². The third-order valence-corrected chi connectivity index (χ3v) is 1.94. The van der Waals surface area contributed by atoms with Crippen LogP contribution in [-0.4, -0.2) is 11.7 Å². The molecule has 0 rings (SSSR count). The van der Waals surface area contributed by atoms with Gasteiger partial charge < -0.3 is 8.57 Å². The van der Waals surface area contributed by atoms with Crippen LogP contribution in [0.3, 0.4) is 0 Å². The van der Waals surface area contributed by atoms with E-state index >= 15 is 0 Å². The second-order valence-corrected chi connectivity index (χ2v) is 4.66. The van der Waals surface area contributed by atoms with Crippen molar-refractivity contribution in [1.82, 2.24) is 0 Å². The molecule has 0 heterocycles. The molecule has 0 aromatic heterocycles. The van der Waals surface area contributed by atoms with Gasteiger partial charge in [0.25, 0.3) is 0 Å². The van der Waals surface area contributed by atoms with Gasteiger partial charge in [0.2, 0.25) is 5.91 Å². The van der Waals surface area contributed by atoms with Crippen LogP contribution in [0.1, 0.15) is 27.7 Å². The predicted molar refractivity (Wildman–Crippen MR) is 45.5 cm³/mol. The van der Waals surface area contributed by atoms with E-state index in [2.05, 4.69) is 4.36 Å². The van der Waals surface area contributed by atoms with Crippen molar-refractivity contribution in [3.63, 3.8) is 0 Å². The smallest absolute Gasteiger partial charge is 0.228 e. The lowest BCUT2D eigenvalue weighted by Gasteiger charge is -2.14. The largest absolute Gasteiger partial charge is 0.444 e. The first-order chi connectivity index (χ1) is 4.88. The van der Waals surface area contributed by atoms with Crippen LogP contribution in [0.2, 0.25) is 0 Å². The summed E-state index contributed by atoms with van der Waals surface area (Å²) in [6.07, 6.45) is 0. The van der Waals surface area contributed by atoms with Crippen molar-refractivity contribution in [3.8, 4) is 0 Å². The first-order valence-corrected chi connectivity index (χ1v) is 4.80. The molecular weight excluding hydrogens is 162 g/mol. The Morgan fingerprint density at radius 1 is 1.45 bits per heavy atom. The number of nitrogens with zero attached hydrogens (tertiary/aromatic N) is 1. The van der Waals surface area contributed by atoms with Crippen LogP contribution in [0, 0.1) is 5.41 Å². The molecule has 0 aromatic carbocycles. The lowest BCUT2D eigenvalue weighted by Crippen LogP contribution is -2.17. The summed E-state index contributed by atoms with van der Waals surface area (Å²) in [5.41, 5.74) is -0.509. The molecular formula is C7H14NO2S-. The van der Waals surface area contributed by atoms with E-state index in [0.29, 0.717) is 5.75 Å². The molecule has 0 saturated carbocycles. The molecule has 4 heteroatoms. The highest BCUT2D eigenvalue weighted by molar-refractivity contribution is 7.75. The zero-order chi connectivity index (χ0) is 9.07. The quantitative estimate of drug-likeness (QED) is 0.571. The Balaban J connectivity index is 4.43. The van der Waals surface area contributed by atoms with Crippen molar-refractivity contribution in [2.24, 2.45) is 9.78 Å². The molecule has 0 aliphatic heterocycles. The minimum atomic E-state index is -1.33. The molecule has 11 heavy (non-hydrogen) atoms. The predicted octanol–water partition coefficient (Wildman–Crippen LogP) is 1.73. The summed E-state index contributed by atoms with van der Waals surface area (Å²) in [6, 6.07) is 0. The van der Waals surface area contributed by atoms with E-state index in [0.717, 1.165) is 0 Å². The third kappa shape index (κ3) is 4.14. The molecule has 3 nitrogen and oxygen atoms in total. The van der Waals surface area contributed by atoms with Crippen LogP contribution >= 0.6 is 0 Å². The van der Waals surface area contributed by atoms with Gasteiger partial charge in [0.1, 0.15) is 0 Å². The molecule has 0 aromatic rings. The fraction of sp³-hybridized carbons (Fsp3) is 0.857. The van der Waals surface area contributed by atoms with Gasteiger partial charge in [0, 0.05) is 5.41 Å². The SMILES string of the molecule is CC[S-](=O)=NC(=O)C(C)(C)C. The average molecular weight is 176 g/mol. The van der Waals surface area contributed by atoms with E-state index < -0.39 is 16.0 Å². The van der Waals surface area contributed by atoms with Gasteiger partial charge in [0.05, 0.1) is 0 Å². The van der Waals surface area contributed by atoms with Gasteiger partial charge in [-0.1, -0.05) is 33.4 Å². The summed E-state index contributed by atoms with van der Waals surface area (Å²) in [6.45, 7) is 7.00. The Bertz CT molecular complexity index is 221. The molecule has 0 atom stereocenters. The molecule has 0 spiro atoms. The van der Waals surface area contributed by atoms with E-state index in [1.807, 2.05) is 0 Å². The minimum absolute atomic E-state index is 0.294. The molecule has 0 N–H and O–H groups in total. The van der Waals surface area contributed by atoms with Crippen LogP contribution < -0.4 is 0 Å². The first kappa shape index (κ1) is 10.6. The molecule has 0 aliphatic carbocycles. The molecule has 66 valence electrons. The summed E-state index contributed by atoms with van der Waals surface area (Å²) in [5, 5.41) is 0. The third-order valence-electron chi connectivity index (χ3n) is 1.07. The Labute approximate surface area is 69.4 Å².